The van der Waals surface area contributed by atoms with Crippen LogP contribution in [0.3, 0.4) is 0 Å². The van der Waals surface area contributed by atoms with Gasteiger partial charge in [0.25, 0.3) is 0 Å². The van der Waals surface area contributed by atoms with E-state index >= 15 is 0 Å². The molecule has 0 bridgehead atoms. The molecule has 0 atom stereocenters. The smallest absolute Gasteiger partial charge is 0.0909 e. The molecule has 0 saturated carbocycles. The van der Waals surface area contributed by atoms with Crippen molar-refractivity contribution in [2.75, 3.05) is 5.73 Å². The van der Waals surface area contributed by atoms with Gasteiger partial charge in [0.15, 0.2) is 0 Å². The Balaban J connectivity index is 2.93. The molecular formula is C8H8BrN3. The van der Waals surface area contributed by atoms with E-state index < -0.39 is 0 Å². The third-order valence-electron chi connectivity index (χ3n) is 1.83. The molecule has 0 spiro atoms. The predicted molar refractivity (Wildman–Crippen MR) is 52.8 cm³/mol. The van der Waals surface area contributed by atoms with Crippen molar-refractivity contribution in [2.45, 2.75) is 0 Å². The Hall–Kier alpha value is -1.03. The average molecular weight is 226 g/mol. The molecule has 0 saturated heterocycles. The van der Waals surface area contributed by atoms with Crippen LogP contribution in [0.1, 0.15) is 0 Å². The zero-order chi connectivity index (χ0) is 8.72. The maximum Gasteiger partial charge on any atom is 0.0909 e. The van der Waals surface area contributed by atoms with Crippen LogP contribution in [0.25, 0.3) is 10.9 Å². The molecular weight excluding hydrogens is 218 g/mol. The number of nitrogen functional groups attached to an aromatic ring is 1. The number of aryl methyl sites for hydroxylation is 1. The maximum absolute atomic E-state index is 5.81. The van der Waals surface area contributed by atoms with Gasteiger partial charge in [-0.2, -0.15) is 5.10 Å². The van der Waals surface area contributed by atoms with Gasteiger partial charge < -0.3 is 5.73 Å². The van der Waals surface area contributed by atoms with Crippen LogP contribution in [-0.4, -0.2) is 9.78 Å². The standard InChI is InChI=1S/C8H8BrN3/c1-12-8-5(4-11-12)2-6(9)3-7(8)10/h2-4H,10H2,1H3. The highest BCUT2D eigenvalue weighted by atomic mass is 79.9. The Morgan fingerprint density at radius 1 is 1.50 bits per heavy atom. The second kappa shape index (κ2) is 2.48. The van der Waals surface area contributed by atoms with Crippen LogP contribution in [0.5, 0.6) is 0 Å². The number of nitrogens with zero attached hydrogens (tertiary/aromatic N) is 2. The molecule has 0 unspecified atom stereocenters. The summed E-state index contributed by atoms with van der Waals surface area (Å²) in [5.74, 6) is 0. The summed E-state index contributed by atoms with van der Waals surface area (Å²) < 4.78 is 2.76. The van der Waals surface area contributed by atoms with Crippen LogP contribution in [-0.2, 0) is 7.05 Å². The third kappa shape index (κ3) is 0.992. The van der Waals surface area contributed by atoms with Crippen LogP contribution in [0.15, 0.2) is 22.8 Å². The summed E-state index contributed by atoms with van der Waals surface area (Å²) in [6.07, 6.45) is 1.80. The Morgan fingerprint density at radius 3 is 3.00 bits per heavy atom. The number of hydrogen-bond donors (Lipinski definition) is 1. The molecule has 62 valence electrons. The fourth-order valence-corrected chi connectivity index (χ4v) is 1.81. The quantitative estimate of drug-likeness (QED) is 0.697. The van der Waals surface area contributed by atoms with Gasteiger partial charge in [-0.05, 0) is 12.1 Å². The van der Waals surface area contributed by atoms with Crippen LogP contribution in [0, 0.1) is 0 Å². The fourth-order valence-electron chi connectivity index (χ4n) is 1.32. The summed E-state index contributed by atoms with van der Waals surface area (Å²) in [4.78, 5) is 0. The molecule has 1 aromatic carbocycles. The first kappa shape index (κ1) is 7.61. The number of rotatable bonds is 0. The Labute approximate surface area is 78.3 Å². The molecule has 1 heterocycles. The first-order valence-corrected chi connectivity index (χ1v) is 4.34. The van der Waals surface area contributed by atoms with E-state index in [0.29, 0.717) is 0 Å². The van der Waals surface area contributed by atoms with E-state index in [1.807, 2.05) is 19.2 Å². The molecule has 1 aromatic heterocycles. The van der Waals surface area contributed by atoms with E-state index in [1.54, 1.807) is 10.9 Å². The van der Waals surface area contributed by atoms with Gasteiger partial charge in [-0.25, -0.2) is 0 Å². The first-order valence-electron chi connectivity index (χ1n) is 3.55. The molecule has 0 radical (unpaired) electrons. The topological polar surface area (TPSA) is 43.8 Å². The average Bonchev–Trinajstić information content (AvgIpc) is 2.31. The molecule has 0 aliphatic heterocycles. The van der Waals surface area contributed by atoms with E-state index in [4.69, 9.17) is 5.73 Å². The number of fused-ring (bicyclic) bond motifs is 1. The zero-order valence-electron chi connectivity index (χ0n) is 6.58. The number of halogens is 1. The molecule has 4 heteroatoms. The van der Waals surface area contributed by atoms with Gasteiger partial charge in [-0.1, -0.05) is 15.9 Å². The van der Waals surface area contributed by atoms with E-state index in [0.717, 1.165) is 21.1 Å². The van der Waals surface area contributed by atoms with Crippen molar-refractivity contribution in [3.63, 3.8) is 0 Å². The van der Waals surface area contributed by atoms with E-state index in [9.17, 15) is 0 Å². The molecule has 2 rings (SSSR count). The van der Waals surface area contributed by atoms with Gasteiger partial charge >= 0.3 is 0 Å². The summed E-state index contributed by atoms with van der Waals surface area (Å²) in [6.45, 7) is 0. The Bertz CT molecular complexity index is 433. The van der Waals surface area contributed by atoms with Gasteiger partial charge in [0.05, 0.1) is 17.4 Å². The second-order valence-electron chi connectivity index (χ2n) is 2.70. The summed E-state index contributed by atoms with van der Waals surface area (Å²) in [7, 11) is 1.88. The minimum atomic E-state index is 0.749. The molecule has 0 fully saturated rings. The molecule has 0 aliphatic carbocycles. The van der Waals surface area contributed by atoms with Crippen LogP contribution < -0.4 is 5.73 Å². The van der Waals surface area contributed by atoms with Crippen LogP contribution >= 0.6 is 15.9 Å². The van der Waals surface area contributed by atoms with Crippen molar-refractivity contribution in [2.24, 2.45) is 7.05 Å². The molecule has 0 amide bonds. The maximum atomic E-state index is 5.81. The number of benzene rings is 1. The fraction of sp³-hybridized carbons (Fsp3) is 0.125. The molecule has 12 heavy (non-hydrogen) atoms. The minimum Gasteiger partial charge on any atom is -0.397 e. The van der Waals surface area contributed by atoms with E-state index in [1.165, 1.54) is 0 Å². The normalized spacial score (nSPS) is 10.8. The number of nitrogens with two attached hydrogens (primary N) is 1. The van der Waals surface area contributed by atoms with Crippen LogP contribution in [0.4, 0.5) is 5.69 Å². The van der Waals surface area contributed by atoms with Crippen molar-refractivity contribution < 1.29 is 0 Å². The molecule has 0 aliphatic rings. The predicted octanol–water partition coefficient (Wildman–Crippen LogP) is 1.92. The van der Waals surface area contributed by atoms with Gasteiger partial charge in [0.1, 0.15) is 0 Å². The van der Waals surface area contributed by atoms with Gasteiger partial charge in [0, 0.05) is 16.9 Å². The van der Waals surface area contributed by atoms with Gasteiger partial charge in [0.2, 0.25) is 0 Å². The zero-order valence-corrected chi connectivity index (χ0v) is 8.17. The lowest BCUT2D eigenvalue weighted by Gasteiger charge is -1.99. The number of hydrogen-bond acceptors (Lipinski definition) is 2. The van der Waals surface area contributed by atoms with Crippen LogP contribution in [0.2, 0.25) is 0 Å². The lowest BCUT2D eigenvalue weighted by molar-refractivity contribution is 0.798. The molecule has 2 N–H and O–H groups in total. The summed E-state index contributed by atoms with van der Waals surface area (Å²) in [6, 6.07) is 3.88. The lowest BCUT2D eigenvalue weighted by Crippen LogP contribution is -1.94. The summed E-state index contributed by atoms with van der Waals surface area (Å²) >= 11 is 3.38. The van der Waals surface area contributed by atoms with Gasteiger partial charge in [-0.3, -0.25) is 4.68 Å². The summed E-state index contributed by atoms with van der Waals surface area (Å²) in [5.41, 5.74) is 7.55. The highest BCUT2D eigenvalue weighted by Crippen LogP contribution is 2.25. The third-order valence-corrected chi connectivity index (χ3v) is 2.29. The van der Waals surface area contributed by atoms with Crippen molar-refractivity contribution in [3.05, 3.63) is 22.8 Å². The minimum absolute atomic E-state index is 0.749. The highest BCUT2D eigenvalue weighted by Gasteiger charge is 2.03. The van der Waals surface area contributed by atoms with Crippen molar-refractivity contribution in [1.82, 2.24) is 9.78 Å². The largest absolute Gasteiger partial charge is 0.397 e. The number of aromatic nitrogens is 2. The van der Waals surface area contributed by atoms with E-state index in [-0.39, 0.29) is 0 Å². The molecule has 3 nitrogen and oxygen atoms in total. The lowest BCUT2D eigenvalue weighted by atomic mass is 10.2. The summed E-state index contributed by atoms with van der Waals surface area (Å²) in [5, 5.41) is 5.17. The monoisotopic (exact) mass is 225 g/mol. The Morgan fingerprint density at radius 2 is 2.25 bits per heavy atom. The second-order valence-corrected chi connectivity index (χ2v) is 3.62. The first-order chi connectivity index (χ1) is 5.68. The Kier molecular flexibility index (Phi) is 1.58. The molecule has 2 aromatic rings. The SMILES string of the molecule is Cn1ncc2cc(Br)cc(N)c21. The van der Waals surface area contributed by atoms with Crippen molar-refractivity contribution >= 4 is 32.5 Å². The van der Waals surface area contributed by atoms with Gasteiger partial charge in [-0.15, -0.1) is 0 Å². The van der Waals surface area contributed by atoms with E-state index in [2.05, 4.69) is 21.0 Å². The van der Waals surface area contributed by atoms with Crippen molar-refractivity contribution in [1.29, 1.82) is 0 Å². The highest BCUT2D eigenvalue weighted by molar-refractivity contribution is 9.10. The van der Waals surface area contributed by atoms with Crippen molar-refractivity contribution in [3.8, 4) is 0 Å². The number of anilines is 1.